The van der Waals surface area contributed by atoms with Gasteiger partial charge < -0.3 is 14.9 Å². The summed E-state index contributed by atoms with van der Waals surface area (Å²) in [6.07, 6.45) is 4.74. The molecule has 0 aliphatic rings. The van der Waals surface area contributed by atoms with Crippen molar-refractivity contribution in [2.24, 2.45) is 5.10 Å². The number of amides is 1. The van der Waals surface area contributed by atoms with E-state index in [9.17, 15) is 14.9 Å². The zero-order chi connectivity index (χ0) is 22.2. The smallest absolute Gasteiger partial charge is 0.404 e. The number of nitrogens with one attached hydrogen (secondary N) is 2. The van der Waals surface area contributed by atoms with Gasteiger partial charge in [0.15, 0.2) is 6.20 Å². The Labute approximate surface area is 190 Å². The SMILES string of the molecule is COc1ccc(C=NNC(=O)Cn2cc(Br)c([N+](=O)[O-])n2)cc1CSc1cccc[nH+]1. The Balaban J connectivity index is 1.60. The minimum atomic E-state index is -0.633. The molecule has 0 saturated heterocycles. The number of hydrogen-bond donors (Lipinski definition) is 1. The van der Waals surface area contributed by atoms with E-state index < -0.39 is 10.8 Å². The quantitative estimate of drug-likeness (QED) is 0.206. The van der Waals surface area contributed by atoms with Gasteiger partial charge in [-0.2, -0.15) is 9.78 Å². The first-order valence-corrected chi connectivity index (χ1v) is 10.7. The van der Waals surface area contributed by atoms with Gasteiger partial charge in [-0.3, -0.25) is 4.79 Å². The van der Waals surface area contributed by atoms with Gasteiger partial charge in [-0.25, -0.2) is 10.4 Å². The minimum Gasteiger partial charge on any atom is -0.496 e. The average molecular weight is 506 g/mol. The normalized spacial score (nSPS) is 10.9. The number of thioether (sulfide) groups is 1. The minimum absolute atomic E-state index is 0.200. The number of methoxy groups -OCH3 is 1. The number of H-pyrrole nitrogens is 1. The largest absolute Gasteiger partial charge is 0.496 e. The Bertz CT molecular complexity index is 1110. The summed E-state index contributed by atoms with van der Waals surface area (Å²) in [7, 11) is 1.62. The van der Waals surface area contributed by atoms with Crippen LogP contribution < -0.4 is 15.1 Å². The first-order valence-electron chi connectivity index (χ1n) is 8.92. The summed E-state index contributed by atoms with van der Waals surface area (Å²) in [5, 5.41) is 19.5. The summed E-state index contributed by atoms with van der Waals surface area (Å²) in [5.41, 5.74) is 4.15. The second-order valence-corrected chi connectivity index (χ2v) is 8.01. The molecule has 12 heteroatoms. The second-order valence-electron chi connectivity index (χ2n) is 6.14. The molecule has 2 N–H and O–H groups in total. The van der Waals surface area contributed by atoms with Crippen LogP contribution in [0.3, 0.4) is 0 Å². The average Bonchev–Trinajstić information content (AvgIpc) is 3.13. The Morgan fingerprint density at radius 3 is 2.97 bits per heavy atom. The summed E-state index contributed by atoms with van der Waals surface area (Å²) >= 11 is 4.67. The summed E-state index contributed by atoms with van der Waals surface area (Å²) in [6, 6.07) is 11.5. The van der Waals surface area contributed by atoms with Crippen molar-refractivity contribution in [2.75, 3.05) is 7.11 Å². The third-order valence-corrected chi connectivity index (χ3v) is 5.53. The predicted molar refractivity (Wildman–Crippen MR) is 118 cm³/mol. The third kappa shape index (κ3) is 6.36. The van der Waals surface area contributed by atoms with Crippen LogP contribution in [0.5, 0.6) is 5.75 Å². The molecule has 2 aromatic heterocycles. The monoisotopic (exact) mass is 505 g/mol. The molecule has 2 heterocycles. The molecule has 0 atom stereocenters. The van der Waals surface area contributed by atoms with Crippen LogP contribution in [0.1, 0.15) is 11.1 Å². The van der Waals surface area contributed by atoms with Crippen LogP contribution in [0.15, 0.2) is 63.4 Å². The molecule has 10 nitrogen and oxygen atoms in total. The molecule has 0 unspecified atom stereocenters. The van der Waals surface area contributed by atoms with Gasteiger partial charge in [0.05, 0.1) is 24.6 Å². The molecule has 3 rings (SSSR count). The van der Waals surface area contributed by atoms with E-state index in [-0.39, 0.29) is 16.8 Å². The Hall–Kier alpha value is -3.25. The van der Waals surface area contributed by atoms with Crippen LogP contribution >= 0.6 is 27.7 Å². The molecule has 0 radical (unpaired) electrons. The Morgan fingerprint density at radius 2 is 2.29 bits per heavy atom. The number of pyridine rings is 1. The fourth-order valence-electron chi connectivity index (χ4n) is 2.57. The molecule has 160 valence electrons. The molecule has 0 fully saturated rings. The zero-order valence-corrected chi connectivity index (χ0v) is 18.7. The number of aromatic amines is 1. The molecule has 0 aliphatic heterocycles. The highest BCUT2D eigenvalue weighted by molar-refractivity contribution is 9.10. The molecule has 0 spiro atoms. The van der Waals surface area contributed by atoms with Crippen molar-refractivity contribution in [3.8, 4) is 5.75 Å². The number of ether oxygens (including phenoxy) is 1. The molecule has 3 aromatic rings. The van der Waals surface area contributed by atoms with E-state index >= 15 is 0 Å². The maximum atomic E-state index is 12.0. The third-order valence-electron chi connectivity index (χ3n) is 3.95. The number of rotatable bonds is 9. The summed E-state index contributed by atoms with van der Waals surface area (Å²) in [6.45, 7) is -0.206. The number of carbonyl (C=O) groups excluding carboxylic acids is 1. The number of halogens is 1. The summed E-state index contributed by atoms with van der Waals surface area (Å²) < 4.78 is 6.79. The number of hydrogen-bond acceptors (Lipinski definition) is 7. The van der Waals surface area contributed by atoms with Crippen molar-refractivity contribution in [3.63, 3.8) is 0 Å². The standard InChI is InChI=1S/C19H17BrN6O4S/c1-30-16-6-5-13(8-14(16)12-31-18-4-2-3-7-21-18)9-22-23-17(27)11-25-10-15(20)19(24-25)26(28)29/h2-10H,11-12H2,1H3,(H,23,27)/p+1. The predicted octanol–water partition coefficient (Wildman–Crippen LogP) is 2.82. The molecular weight excluding hydrogens is 488 g/mol. The number of hydrazone groups is 1. The van der Waals surface area contributed by atoms with E-state index in [0.29, 0.717) is 5.75 Å². The highest BCUT2D eigenvalue weighted by atomic mass is 79.9. The molecular formula is C19H18BrN6O4S+. The van der Waals surface area contributed by atoms with Gasteiger partial charge in [0.1, 0.15) is 16.8 Å². The van der Waals surface area contributed by atoms with Crippen molar-refractivity contribution in [1.29, 1.82) is 0 Å². The first kappa shape index (κ1) is 22.4. The lowest BCUT2D eigenvalue weighted by Crippen LogP contribution is -2.23. The summed E-state index contributed by atoms with van der Waals surface area (Å²) in [5.74, 6) is 0.624. The molecule has 1 amide bonds. The van der Waals surface area contributed by atoms with Gasteiger partial charge in [-0.15, -0.1) is 0 Å². The first-order chi connectivity index (χ1) is 15.0. The highest BCUT2D eigenvalue weighted by Gasteiger charge is 2.19. The van der Waals surface area contributed by atoms with Crippen LogP contribution in [0.4, 0.5) is 5.82 Å². The van der Waals surface area contributed by atoms with E-state index in [1.165, 1.54) is 12.4 Å². The van der Waals surface area contributed by atoms with Crippen molar-refractivity contribution in [3.05, 3.63) is 74.5 Å². The van der Waals surface area contributed by atoms with Gasteiger partial charge in [0.25, 0.3) is 5.91 Å². The van der Waals surface area contributed by atoms with Crippen molar-refractivity contribution < 1.29 is 19.4 Å². The van der Waals surface area contributed by atoms with E-state index in [1.807, 2.05) is 42.6 Å². The van der Waals surface area contributed by atoms with Gasteiger partial charge in [0, 0.05) is 23.4 Å². The fraction of sp³-hybridized carbons (Fsp3) is 0.158. The molecule has 0 saturated carbocycles. The maximum Gasteiger partial charge on any atom is 0.404 e. The highest BCUT2D eigenvalue weighted by Crippen LogP contribution is 2.26. The lowest BCUT2D eigenvalue weighted by Gasteiger charge is -2.08. The van der Waals surface area contributed by atoms with Crippen molar-refractivity contribution in [2.45, 2.75) is 17.3 Å². The molecule has 1 aromatic carbocycles. The van der Waals surface area contributed by atoms with Crippen LogP contribution in [0.25, 0.3) is 0 Å². The number of nitro groups is 1. The van der Waals surface area contributed by atoms with E-state index in [4.69, 9.17) is 4.74 Å². The van der Waals surface area contributed by atoms with E-state index in [2.05, 4.69) is 36.5 Å². The van der Waals surface area contributed by atoms with Gasteiger partial charge >= 0.3 is 5.82 Å². The van der Waals surface area contributed by atoms with Crippen LogP contribution in [-0.4, -0.2) is 33.9 Å². The van der Waals surface area contributed by atoms with E-state index in [0.717, 1.165) is 26.6 Å². The molecule has 0 aliphatic carbocycles. The van der Waals surface area contributed by atoms with Gasteiger partial charge in [-0.1, -0.05) is 11.8 Å². The number of nitrogens with zero attached hydrogens (tertiary/aromatic N) is 4. The maximum absolute atomic E-state index is 12.0. The van der Waals surface area contributed by atoms with Gasteiger partial charge in [0.2, 0.25) is 5.03 Å². The number of aromatic nitrogens is 3. The van der Waals surface area contributed by atoms with Gasteiger partial charge in [-0.05, 0) is 50.7 Å². The summed E-state index contributed by atoms with van der Waals surface area (Å²) in [4.78, 5) is 25.4. The number of benzene rings is 1. The van der Waals surface area contributed by atoms with E-state index in [1.54, 1.807) is 18.9 Å². The topological polar surface area (TPSA) is 126 Å². The lowest BCUT2D eigenvalue weighted by molar-refractivity contribution is -0.426. The van der Waals surface area contributed by atoms with Crippen LogP contribution in [0, 0.1) is 10.1 Å². The Kier molecular flexibility index (Phi) is 7.73. The fourth-order valence-corrected chi connectivity index (χ4v) is 3.89. The van der Waals surface area contributed by atoms with Crippen LogP contribution in [-0.2, 0) is 17.1 Å². The van der Waals surface area contributed by atoms with Crippen LogP contribution in [0.2, 0.25) is 0 Å². The lowest BCUT2D eigenvalue weighted by atomic mass is 10.1. The zero-order valence-electron chi connectivity index (χ0n) is 16.3. The Morgan fingerprint density at radius 1 is 1.45 bits per heavy atom. The van der Waals surface area contributed by atoms with Crippen molar-refractivity contribution in [1.82, 2.24) is 15.2 Å². The molecule has 0 bridgehead atoms. The molecule has 31 heavy (non-hydrogen) atoms. The second kappa shape index (κ2) is 10.7. The van der Waals surface area contributed by atoms with Crippen molar-refractivity contribution >= 4 is 45.6 Å². The number of carbonyl (C=O) groups is 1.